The number of nitrogens with two attached hydrogens (primary N) is 1. The normalized spacial score (nSPS) is 27.4. The van der Waals surface area contributed by atoms with Crippen molar-refractivity contribution in [3.8, 4) is 5.88 Å². The summed E-state index contributed by atoms with van der Waals surface area (Å²) in [7, 11) is -15.4. The van der Waals surface area contributed by atoms with Crippen LogP contribution in [-0.2, 0) is 31.6 Å². The minimum atomic E-state index is -5.72. The number of phosphoric acid groups is 3. The molecular formula is C11H18N5O14P3. The molecule has 1 aliphatic rings. The number of imidazole rings is 1. The highest BCUT2D eigenvalue weighted by Gasteiger charge is 2.47. The van der Waals surface area contributed by atoms with Gasteiger partial charge in [0.2, 0.25) is 11.8 Å². The smallest absolute Gasteiger partial charge is 0.479 e. The van der Waals surface area contributed by atoms with Gasteiger partial charge < -0.3 is 45.0 Å². The van der Waals surface area contributed by atoms with E-state index in [4.69, 9.17) is 29.9 Å². The third-order valence-corrected chi connectivity index (χ3v) is 7.83. The first-order chi connectivity index (χ1) is 15.1. The van der Waals surface area contributed by atoms with Crippen LogP contribution in [0.4, 0.5) is 5.95 Å². The van der Waals surface area contributed by atoms with Crippen LogP contribution in [-0.4, -0.2) is 81.3 Å². The number of methoxy groups -OCH3 is 1. The molecular weight excluding hydrogens is 519 g/mol. The van der Waals surface area contributed by atoms with E-state index < -0.39 is 54.6 Å². The third kappa shape index (κ3) is 6.12. The van der Waals surface area contributed by atoms with Gasteiger partial charge in [-0.1, -0.05) is 0 Å². The van der Waals surface area contributed by atoms with Gasteiger partial charge in [0.1, 0.15) is 18.3 Å². The summed E-state index contributed by atoms with van der Waals surface area (Å²) in [4.78, 5) is 47.5. The average molecular weight is 537 g/mol. The average Bonchev–Trinajstić information content (AvgIpc) is 3.18. The second-order valence-corrected chi connectivity index (χ2v) is 10.8. The van der Waals surface area contributed by atoms with Crippen LogP contribution in [0.15, 0.2) is 6.33 Å². The summed E-state index contributed by atoms with van der Waals surface area (Å²) in [6.07, 6.45) is -5.01. The molecule has 186 valence electrons. The Kier molecular flexibility index (Phi) is 7.29. The Hall–Kier alpha value is -1.56. The fraction of sp³-hybridized carbons (Fsp3) is 0.545. The van der Waals surface area contributed by atoms with E-state index in [0.717, 1.165) is 0 Å². The molecule has 6 unspecified atom stereocenters. The van der Waals surface area contributed by atoms with Crippen LogP contribution in [0.5, 0.6) is 5.88 Å². The second-order valence-electron chi connectivity index (χ2n) is 6.35. The number of hydrogen-bond donors (Lipinski definition) is 7. The van der Waals surface area contributed by atoms with Crippen molar-refractivity contribution in [2.45, 2.75) is 24.5 Å². The molecule has 8 N–H and O–H groups in total. The van der Waals surface area contributed by atoms with E-state index >= 15 is 0 Å². The first-order valence-electron chi connectivity index (χ1n) is 8.46. The molecule has 3 rings (SSSR count). The van der Waals surface area contributed by atoms with E-state index in [0.29, 0.717) is 0 Å². The number of nitrogen functional groups attached to an aromatic ring is 1. The lowest BCUT2D eigenvalue weighted by Gasteiger charge is -2.19. The predicted octanol–water partition coefficient (Wildman–Crippen LogP) is -1.62. The quantitative estimate of drug-likeness (QED) is 0.177. The monoisotopic (exact) mass is 537 g/mol. The molecule has 3 heterocycles. The number of anilines is 1. The van der Waals surface area contributed by atoms with Crippen LogP contribution >= 0.6 is 23.5 Å². The Morgan fingerprint density at radius 3 is 2.36 bits per heavy atom. The fourth-order valence-electron chi connectivity index (χ4n) is 2.80. The standard InChI is InChI=1S/C11H18N5O14P3/c1-26-9-5-8(14-11(12)15-9)16(3-13-5)10-7(18)6(17)4(28-10)2-27-32(22,23)30-33(24,25)29-31(19,20)21/h3-4,6-7,10,17-18H,2H2,1H3,(H,22,23)(H,24,25)(H2,12,14,15)(H2,19,20,21). The molecule has 0 radical (unpaired) electrons. The van der Waals surface area contributed by atoms with Crippen LogP contribution in [0.1, 0.15) is 6.23 Å². The zero-order valence-electron chi connectivity index (χ0n) is 16.3. The van der Waals surface area contributed by atoms with Gasteiger partial charge in [-0.05, 0) is 0 Å². The highest BCUT2D eigenvalue weighted by molar-refractivity contribution is 7.66. The highest BCUT2D eigenvalue weighted by atomic mass is 31.3. The molecule has 1 fully saturated rings. The topological polar surface area (TPSA) is 288 Å². The van der Waals surface area contributed by atoms with Crippen molar-refractivity contribution in [3.63, 3.8) is 0 Å². The number of fused-ring (bicyclic) bond motifs is 1. The van der Waals surface area contributed by atoms with Crippen molar-refractivity contribution in [3.05, 3.63) is 6.33 Å². The second kappa shape index (κ2) is 9.24. The van der Waals surface area contributed by atoms with Gasteiger partial charge in [-0.3, -0.25) is 9.09 Å². The van der Waals surface area contributed by atoms with Gasteiger partial charge in [0.25, 0.3) is 0 Å². The molecule has 2 aromatic heterocycles. The molecule has 1 aliphatic heterocycles. The van der Waals surface area contributed by atoms with Crippen molar-refractivity contribution < 1.29 is 66.1 Å². The van der Waals surface area contributed by atoms with Gasteiger partial charge in [-0.15, -0.1) is 0 Å². The maximum Gasteiger partial charge on any atom is 0.490 e. The van der Waals surface area contributed by atoms with Gasteiger partial charge in [0.05, 0.1) is 20.0 Å². The molecule has 2 aromatic rings. The summed E-state index contributed by atoms with van der Waals surface area (Å²) in [5.41, 5.74) is 5.82. The maximum atomic E-state index is 11.8. The Balaban J connectivity index is 1.73. The Morgan fingerprint density at radius 1 is 1.09 bits per heavy atom. The summed E-state index contributed by atoms with van der Waals surface area (Å²) < 4.78 is 57.1. The van der Waals surface area contributed by atoms with Crippen LogP contribution < -0.4 is 10.5 Å². The van der Waals surface area contributed by atoms with E-state index in [1.54, 1.807) is 0 Å². The van der Waals surface area contributed by atoms with Crippen molar-refractivity contribution in [1.29, 1.82) is 0 Å². The summed E-state index contributed by atoms with van der Waals surface area (Å²) in [5.74, 6) is -0.174. The van der Waals surface area contributed by atoms with E-state index in [-0.39, 0.29) is 23.0 Å². The lowest BCUT2D eigenvalue weighted by molar-refractivity contribution is -0.0503. The van der Waals surface area contributed by atoms with Gasteiger partial charge in [-0.2, -0.15) is 18.6 Å². The number of phosphoric ester groups is 1. The van der Waals surface area contributed by atoms with Gasteiger partial charge in [0, 0.05) is 0 Å². The summed E-state index contributed by atoms with van der Waals surface area (Å²) in [5, 5.41) is 20.6. The van der Waals surface area contributed by atoms with Crippen molar-refractivity contribution >= 4 is 40.6 Å². The number of aliphatic hydroxyl groups excluding tert-OH is 2. The number of rotatable bonds is 9. The molecule has 0 aliphatic carbocycles. The Bertz CT molecular complexity index is 1170. The van der Waals surface area contributed by atoms with Crippen LogP contribution in [0, 0.1) is 0 Å². The molecule has 0 spiro atoms. The minimum absolute atomic E-state index is 0.0218. The number of aromatic nitrogens is 4. The van der Waals surface area contributed by atoms with Crippen molar-refractivity contribution in [2.24, 2.45) is 0 Å². The zero-order valence-corrected chi connectivity index (χ0v) is 18.9. The third-order valence-electron chi connectivity index (χ3n) is 4.03. The largest absolute Gasteiger partial charge is 0.490 e. The highest BCUT2D eigenvalue weighted by Crippen LogP contribution is 2.66. The van der Waals surface area contributed by atoms with Gasteiger partial charge in [0.15, 0.2) is 17.4 Å². The van der Waals surface area contributed by atoms with Crippen LogP contribution in [0.3, 0.4) is 0 Å². The van der Waals surface area contributed by atoms with E-state index in [1.165, 1.54) is 18.0 Å². The maximum absolute atomic E-state index is 11.8. The SMILES string of the molecule is COc1nc(N)nc2c1ncn2C1OC(COP(=O)(O)OP(=O)(O)OP(=O)(O)O)C(O)C1O. The Morgan fingerprint density at radius 2 is 1.76 bits per heavy atom. The zero-order chi connectivity index (χ0) is 24.8. The van der Waals surface area contributed by atoms with E-state index in [1.807, 2.05) is 0 Å². The number of ether oxygens (including phenoxy) is 2. The number of hydrogen-bond acceptors (Lipinski definition) is 14. The molecule has 0 saturated carbocycles. The van der Waals surface area contributed by atoms with Gasteiger partial charge in [-0.25, -0.2) is 18.7 Å². The molecule has 19 nitrogen and oxygen atoms in total. The molecule has 22 heteroatoms. The molecule has 0 aromatic carbocycles. The van der Waals surface area contributed by atoms with Crippen LogP contribution in [0.25, 0.3) is 11.2 Å². The summed E-state index contributed by atoms with van der Waals surface area (Å²) >= 11 is 0. The first-order valence-corrected chi connectivity index (χ1v) is 13.0. The molecule has 0 bridgehead atoms. The number of nitrogens with zero attached hydrogens (tertiary/aromatic N) is 4. The number of aliphatic hydroxyl groups is 2. The molecule has 33 heavy (non-hydrogen) atoms. The van der Waals surface area contributed by atoms with E-state index in [2.05, 4.69) is 28.1 Å². The van der Waals surface area contributed by atoms with Crippen molar-refractivity contribution in [2.75, 3.05) is 19.5 Å². The van der Waals surface area contributed by atoms with Gasteiger partial charge >= 0.3 is 23.5 Å². The fourth-order valence-corrected chi connectivity index (χ4v) is 5.83. The van der Waals surface area contributed by atoms with Crippen molar-refractivity contribution in [1.82, 2.24) is 19.5 Å². The van der Waals surface area contributed by atoms with E-state index in [9.17, 15) is 28.8 Å². The summed E-state index contributed by atoms with van der Waals surface area (Å²) in [6.45, 7) is -0.981. The Labute approximate surface area is 183 Å². The molecule has 1 saturated heterocycles. The van der Waals surface area contributed by atoms with Crippen LogP contribution in [0.2, 0.25) is 0 Å². The molecule has 0 amide bonds. The summed E-state index contributed by atoms with van der Waals surface area (Å²) in [6, 6.07) is 0. The lowest BCUT2D eigenvalue weighted by atomic mass is 10.1. The first kappa shape index (κ1) is 26.1. The molecule has 6 atom stereocenters. The predicted molar refractivity (Wildman–Crippen MR) is 102 cm³/mol. The minimum Gasteiger partial charge on any atom is -0.479 e. The lowest BCUT2D eigenvalue weighted by Crippen LogP contribution is -2.33.